The van der Waals surface area contributed by atoms with Gasteiger partial charge in [0.25, 0.3) is 0 Å². The van der Waals surface area contributed by atoms with Gasteiger partial charge in [0.05, 0.1) is 9.78 Å². The Morgan fingerprint density at radius 2 is 2.20 bits per heavy atom. The zero-order valence-corrected chi connectivity index (χ0v) is 12.9. The highest BCUT2D eigenvalue weighted by molar-refractivity contribution is 14.1. The van der Waals surface area contributed by atoms with Crippen molar-refractivity contribution in [3.05, 3.63) is 32.9 Å². The maximum Gasteiger partial charge on any atom is 0.330 e. The van der Waals surface area contributed by atoms with E-state index in [1.165, 1.54) is 23.4 Å². The molecule has 0 spiro atoms. The number of carbonyl (C=O) groups is 1. The van der Waals surface area contributed by atoms with Crippen LogP contribution < -0.4 is 0 Å². The van der Waals surface area contributed by atoms with Gasteiger partial charge in [-0.2, -0.15) is 5.10 Å². The van der Waals surface area contributed by atoms with Crippen LogP contribution in [0.1, 0.15) is 25.3 Å². The second kappa shape index (κ2) is 5.63. The average molecular weight is 394 g/mol. The lowest BCUT2D eigenvalue weighted by molar-refractivity contribution is -0.148. The van der Waals surface area contributed by atoms with E-state index in [-0.39, 0.29) is 9.13 Å². The van der Waals surface area contributed by atoms with E-state index in [4.69, 9.17) is 0 Å². The summed E-state index contributed by atoms with van der Waals surface area (Å²) in [7, 11) is 0. The van der Waals surface area contributed by atoms with E-state index in [0.717, 1.165) is 0 Å². The second-order valence-corrected chi connectivity index (χ2v) is 5.98. The minimum atomic E-state index is -1.09. The Balaban J connectivity index is 2.26. The van der Waals surface area contributed by atoms with Crippen molar-refractivity contribution in [2.45, 2.75) is 25.3 Å². The summed E-state index contributed by atoms with van der Waals surface area (Å²) in [6, 6.07) is 2.86. The Bertz CT molecular complexity index is 580. The first kappa shape index (κ1) is 15.1. The van der Waals surface area contributed by atoms with Crippen molar-refractivity contribution in [2.24, 2.45) is 5.10 Å². The molecule has 0 aliphatic carbocycles. The van der Waals surface area contributed by atoms with Crippen LogP contribution in [0.4, 0.5) is 8.78 Å². The number of rotatable bonds is 3. The fraction of sp³-hybridized carbons (Fsp3) is 0.385. The molecule has 0 radical (unpaired) electrons. The van der Waals surface area contributed by atoms with Gasteiger partial charge in [-0.15, -0.1) is 0 Å². The Morgan fingerprint density at radius 3 is 2.85 bits per heavy atom. The van der Waals surface area contributed by atoms with Gasteiger partial charge in [0, 0.05) is 12.1 Å². The normalized spacial score (nSPS) is 22.7. The molecule has 4 nitrogen and oxygen atoms in total. The highest BCUT2D eigenvalue weighted by Gasteiger charge is 2.43. The van der Waals surface area contributed by atoms with E-state index in [2.05, 4.69) is 5.10 Å². The first-order chi connectivity index (χ1) is 9.36. The van der Waals surface area contributed by atoms with Crippen LogP contribution in [0.3, 0.4) is 0 Å². The summed E-state index contributed by atoms with van der Waals surface area (Å²) < 4.78 is 27.3. The van der Waals surface area contributed by atoms with Crippen molar-refractivity contribution in [1.29, 1.82) is 0 Å². The van der Waals surface area contributed by atoms with Crippen molar-refractivity contribution >= 4 is 34.8 Å². The minimum absolute atomic E-state index is 0.00237. The molecule has 0 saturated carbocycles. The monoisotopic (exact) mass is 394 g/mol. The summed E-state index contributed by atoms with van der Waals surface area (Å²) in [6.45, 7) is 2.05. The number of hydrogen-bond acceptors (Lipinski definition) is 3. The van der Waals surface area contributed by atoms with Crippen LogP contribution in [-0.2, 0) is 4.79 Å². The molecule has 1 aromatic rings. The molecule has 0 amide bonds. The van der Waals surface area contributed by atoms with Gasteiger partial charge in [-0.25, -0.2) is 13.6 Å². The molecular weight excluding hydrogens is 381 g/mol. The zero-order chi connectivity index (χ0) is 14.9. The molecule has 2 rings (SSSR count). The minimum Gasteiger partial charge on any atom is -0.479 e. The van der Waals surface area contributed by atoms with Gasteiger partial charge in [0.1, 0.15) is 0 Å². The molecule has 108 valence electrons. The topological polar surface area (TPSA) is 52.9 Å². The van der Waals surface area contributed by atoms with Gasteiger partial charge < -0.3 is 5.11 Å². The molecule has 1 fully saturated rings. The molecule has 1 atom stereocenters. The van der Waals surface area contributed by atoms with E-state index < -0.39 is 23.1 Å². The van der Waals surface area contributed by atoms with Crippen LogP contribution >= 0.6 is 22.6 Å². The first-order valence-corrected chi connectivity index (χ1v) is 7.12. The van der Waals surface area contributed by atoms with Crippen molar-refractivity contribution in [3.63, 3.8) is 0 Å². The molecule has 1 aromatic carbocycles. The molecule has 1 aliphatic rings. The molecule has 1 unspecified atom stereocenters. The average Bonchev–Trinajstić information content (AvgIpc) is 2.78. The number of hydrazone groups is 1. The molecule has 7 heteroatoms. The molecule has 1 N–H and O–H groups in total. The Morgan fingerprint density at radius 1 is 1.50 bits per heavy atom. The standard InChI is InChI=1S/C13H13F2IN2O2/c1-13(12(19)20)5-2-6-18(13)17-7-8-3-4-9(16)11(15)10(8)14/h3-4,7H,2,5-6H2,1H3,(H,19,20). The number of halogens is 3. The summed E-state index contributed by atoms with van der Waals surface area (Å²) in [5, 5.41) is 14.6. The smallest absolute Gasteiger partial charge is 0.330 e. The second-order valence-electron chi connectivity index (χ2n) is 4.81. The third-order valence-corrected chi connectivity index (χ3v) is 4.30. The number of benzene rings is 1. The number of hydrogen-bond donors (Lipinski definition) is 1. The van der Waals surface area contributed by atoms with E-state index in [9.17, 15) is 18.7 Å². The molecule has 0 bridgehead atoms. The van der Waals surface area contributed by atoms with Crippen molar-refractivity contribution in [3.8, 4) is 0 Å². The molecule has 0 aromatic heterocycles. The predicted octanol–water partition coefficient (Wildman–Crippen LogP) is 2.84. The van der Waals surface area contributed by atoms with Crippen LogP contribution in [0.2, 0.25) is 0 Å². The molecule has 1 heterocycles. The maximum atomic E-state index is 13.7. The molecule has 1 saturated heterocycles. The van der Waals surface area contributed by atoms with Gasteiger partial charge in [0.2, 0.25) is 0 Å². The first-order valence-electron chi connectivity index (χ1n) is 6.05. The highest BCUT2D eigenvalue weighted by Crippen LogP contribution is 2.29. The number of carboxylic acids is 1. The van der Waals surface area contributed by atoms with Crippen molar-refractivity contribution < 1.29 is 18.7 Å². The fourth-order valence-corrected chi connectivity index (χ4v) is 2.54. The summed E-state index contributed by atoms with van der Waals surface area (Å²) in [4.78, 5) is 11.3. The quantitative estimate of drug-likeness (QED) is 0.488. The summed E-state index contributed by atoms with van der Waals surface area (Å²) in [5.41, 5.74) is -1.09. The molecular formula is C13H13F2IN2O2. The third kappa shape index (κ3) is 2.63. The Kier molecular flexibility index (Phi) is 4.26. The lowest BCUT2D eigenvalue weighted by Gasteiger charge is -2.28. The summed E-state index contributed by atoms with van der Waals surface area (Å²) in [5.74, 6) is -2.87. The largest absolute Gasteiger partial charge is 0.479 e. The summed E-state index contributed by atoms with van der Waals surface area (Å²) >= 11 is 1.70. The molecule has 1 aliphatic heterocycles. The van der Waals surface area contributed by atoms with E-state index >= 15 is 0 Å². The van der Waals surface area contributed by atoms with Gasteiger partial charge in [-0.3, -0.25) is 5.01 Å². The van der Waals surface area contributed by atoms with Crippen LogP contribution in [0.5, 0.6) is 0 Å². The highest BCUT2D eigenvalue weighted by atomic mass is 127. The number of carboxylic acid groups (broad SMARTS) is 1. The van der Waals surface area contributed by atoms with Crippen LogP contribution in [0.25, 0.3) is 0 Å². The maximum absolute atomic E-state index is 13.7. The summed E-state index contributed by atoms with van der Waals surface area (Å²) in [6.07, 6.45) is 2.34. The lowest BCUT2D eigenvalue weighted by atomic mass is 10.0. The third-order valence-electron chi connectivity index (χ3n) is 3.47. The fourth-order valence-electron chi connectivity index (χ4n) is 2.12. The van der Waals surface area contributed by atoms with Crippen LogP contribution in [-0.4, -0.2) is 34.4 Å². The predicted molar refractivity (Wildman–Crippen MR) is 78.6 cm³/mol. The van der Waals surface area contributed by atoms with Crippen LogP contribution in [0.15, 0.2) is 17.2 Å². The van der Waals surface area contributed by atoms with E-state index in [1.807, 2.05) is 0 Å². The van der Waals surface area contributed by atoms with E-state index in [0.29, 0.717) is 19.4 Å². The van der Waals surface area contributed by atoms with Crippen molar-refractivity contribution in [2.75, 3.05) is 6.54 Å². The SMILES string of the molecule is CC1(C(=O)O)CCCN1N=Cc1ccc(I)c(F)c1F. The number of nitrogens with zero attached hydrogens (tertiary/aromatic N) is 2. The van der Waals surface area contributed by atoms with Crippen molar-refractivity contribution in [1.82, 2.24) is 5.01 Å². The number of aliphatic carboxylic acids is 1. The Hall–Kier alpha value is -1.25. The van der Waals surface area contributed by atoms with Gasteiger partial charge in [-0.1, -0.05) is 0 Å². The molecule has 20 heavy (non-hydrogen) atoms. The van der Waals surface area contributed by atoms with Crippen LogP contribution in [0, 0.1) is 15.2 Å². The van der Waals surface area contributed by atoms with Gasteiger partial charge in [0.15, 0.2) is 17.2 Å². The lowest BCUT2D eigenvalue weighted by Crippen LogP contribution is -2.45. The zero-order valence-electron chi connectivity index (χ0n) is 10.7. The Labute approximate surface area is 128 Å². The van der Waals surface area contributed by atoms with Gasteiger partial charge in [-0.05, 0) is 54.5 Å². The van der Waals surface area contributed by atoms with E-state index in [1.54, 1.807) is 29.5 Å². The van der Waals surface area contributed by atoms with Gasteiger partial charge >= 0.3 is 5.97 Å².